The fraction of sp³-hybridized carbons (Fsp3) is 1.00. The van der Waals surface area contributed by atoms with Crippen LogP contribution in [0.5, 0.6) is 0 Å². The molecular formula is C17H34N2O. The summed E-state index contributed by atoms with van der Waals surface area (Å²) in [6.07, 6.45) is 4.70. The number of rotatable bonds is 7. The molecule has 1 aliphatic heterocycles. The van der Waals surface area contributed by atoms with E-state index >= 15 is 0 Å². The molecule has 118 valence electrons. The highest BCUT2D eigenvalue weighted by atomic mass is 16.3. The second kappa shape index (κ2) is 7.24. The molecule has 1 aliphatic carbocycles. The minimum atomic E-state index is -0.132. The SMILES string of the molecule is CCC(O)C1CC(NCC(C)C)CN(C(C)C2CC2)C1. The highest BCUT2D eigenvalue weighted by Gasteiger charge is 2.38. The number of nitrogens with zero attached hydrogens (tertiary/aromatic N) is 1. The average molecular weight is 282 g/mol. The van der Waals surface area contributed by atoms with Crippen LogP contribution in [-0.4, -0.2) is 47.8 Å². The van der Waals surface area contributed by atoms with Crippen molar-refractivity contribution in [2.75, 3.05) is 19.6 Å². The van der Waals surface area contributed by atoms with Gasteiger partial charge in [-0.1, -0.05) is 20.8 Å². The van der Waals surface area contributed by atoms with E-state index in [9.17, 15) is 5.11 Å². The summed E-state index contributed by atoms with van der Waals surface area (Å²) < 4.78 is 0. The molecular weight excluding hydrogens is 248 g/mol. The highest BCUT2D eigenvalue weighted by molar-refractivity contribution is 4.93. The summed E-state index contributed by atoms with van der Waals surface area (Å²) in [6, 6.07) is 1.25. The molecule has 0 amide bonds. The lowest BCUT2D eigenvalue weighted by molar-refractivity contribution is 0.0177. The average Bonchev–Trinajstić information content (AvgIpc) is 3.27. The summed E-state index contributed by atoms with van der Waals surface area (Å²) >= 11 is 0. The van der Waals surface area contributed by atoms with Crippen LogP contribution in [0.15, 0.2) is 0 Å². The van der Waals surface area contributed by atoms with Gasteiger partial charge in [0.25, 0.3) is 0 Å². The first-order valence-corrected chi connectivity index (χ1v) is 8.66. The van der Waals surface area contributed by atoms with Crippen LogP contribution in [0.2, 0.25) is 0 Å². The van der Waals surface area contributed by atoms with E-state index < -0.39 is 0 Å². The lowest BCUT2D eigenvalue weighted by Crippen LogP contribution is -2.55. The summed E-state index contributed by atoms with van der Waals surface area (Å²) in [7, 11) is 0. The molecule has 0 aromatic rings. The van der Waals surface area contributed by atoms with Crippen LogP contribution in [0.3, 0.4) is 0 Å². The number of hydrogen-bond donors (Lipinski definition) is 2. The largest absolute Gasteiger partial charge is 0.393 e. The zero-order valence-electron chi connectivity index (χ0n) is 13.8. The molecule has 0 bridgehead atoms. The monoisotopic (exact) mass is 282 g/mol. The standard InChI is InChI=1S/C17H34N2O/c1-5-17(20)15-8-16(18-9-12(2)3)11-19(10-15)13(4)14-6-7-14/h12-18,20H,5-11H2,1-4H3. The van der Waals surface area contributed by atoms with Gasteiger partial charge in [0.1, 0.15) is 0 Å². The van der Waals surface area contributed by atoms with Crippen molar-refractivity contribution < 1.29 is 5.11 Å². The minimum Gasteiger partial charge on any atom is -0.393 e. The lowest BCUT2D eigenvalue weighted by atomic mass is 9.87. The summed E-state index contributed by atoms with van der Waals surface area (Å²) in [5.74, 6) is 2.05. The van der Waals surface area contributed by atoms with Crippen LogP contribution in [0.4, 0.5) is 0 Å². The maximum atomic E-state index is 10.3. The molecule has 4 unspecified atom stereocenters. The Kier molecular flexibility index (Phi) is 5.88. The Morgan fingerprint density at radius 3 is 2.40 bits per heavy atom. The maximum absolute atomic E-state index is 10.3. The molecule has 3 heteroatoms. The molecule has 4 atom stereocenters. The molecule has 20 heavy (non-hydrogen) atoms. The molecule has 1 saturated heterocycles. The summed E-state index contributed by atoms with van der Waals surface area (Å²) in [5.41, 5.74) is 0. The van der Waals surface area contributed by atoms with Gasteiger partial charge in [0.05, 0.1) is 6.10 Å². The van der Waals surface area contributed by atoms with Crippen molar-refractivity contribution in [2.45, 2.75) is 71.6 Å². The zero-order valence-corrected chi connectivity index (χ0v) is 13.8. The third kappa shape index (κ3) is 4.44. The quantitative estimate of drug-likeness (QED) is 0.753. The van der Waals surface area contributed by atoms with Gasteiger partial charge in [-0.05, 0) is 56.9 Å². The van der Waals surface area contributed by atoms with Gasteiger partial charge in [-0.2, -0.15) is 0 Å². The Morgan fingerprint density at radius 1 is 1.15 bits per heavy atom. The van der Waals surface area contributed by atoms with Gasteiger partial charge >= 0.3 is 0 Å². The number of nitrogens with one attached hydrogen (secondary N) is 1. The van der Waals surface area contributed by atoms with Crippen molar-refractivity contribution in [2.24, 2.45) is 17.8 Å². The first-order valence-electron chi connectivity index (χ1n) is 8.66. The number of aliphatic hydroxyl groups excluding tert-OH is 1. The Bertz CT molecular complexity index is 291. The molecule has 1 saturated carbocycles. The molecule has 2 rings (SSSR count). The van der Waals surface area contributed by atoms with Gasteiger partial charge in [-0.3, -0.25) is 4.90 Å². The van der Waals surface area contributed by atoms with Crippen molar-refractivity contribution in [3.05, 3.63) is 0 Å². The second-order valence-electron chi connectivity index (χ2n) is 7.50. The van der Waals surface area contributed by atoms with Gasteiger partial charge in [-0.15, -0.1) is 0 Å². The third-order valence-electron chi connectivity index (χ3n) is 5.17. The van der Waals surface area contributed by atoms with Crippen molar-refractivity contribution in [1.82, 2.24) is 10.2 Å². The van der Waals surface area contributed by atoms with Crippen molar-refractivity contribution in [1.29, 1.82) is 0 Å². The highest BCUT2D eigenvalue weighted by Crippen LogP contribution is 2.37. The van der Waals surface area contributed by atoms with Crippen LogP contribution in [0.1, 0.15) is 53.4 Å². The van der Waals surface area contributed by atoms with E-state index in [-0.39, 0.29) is 6.10 Å². The van der Waals surface area contributed by atoms with Crippen LogP contribution in [-0.2, 0) is 0 Å². The summed E-state index contributed by atoms with van der Waals surface area (Å²) in [5, 5.41) is 14.0. The fourth-order valence-electron chi connectivity index (χ4n) is 3.55. The van der Waals surface area contributed by atoms with E-state index in [1.165, 1.54) is 12.8 Å². The normalized spacial score (nSPS) is 31.5. The fourth-order valence-corrected chi connectivity index (χ4v) is 3.55. The third-order valence-corrected chi connectivity index (χ3v) is 5.17. The Hall–Kier alpha value is -0.120. The Labute approximate surface area is 125 Å². The van der Waals surface area contributed by atoms with Crippen molar-refractivity contribution >= 4 is 0 Å². The van der Waals surface area contributed by atoms with E-state index in [1.807, 2.05) is 0 Å². The molecule has 2 fully saturated rings. The van der Waals surface area contributed by atoms with Gasteiger partial charge in [0, 0.05) is 25.2 Å². The van der Waals surface area contributed by atoms with Gasteiger partial charge in [-0.25, -0.2) is 0 Å². The van der Waals surface area contributed by atoms with E-state index in [4.69, 9.17) is 0 Å². The Morgan fingerprint density at radius 2 is 1.85 bits per heavy atom. The molecule has 0 radical (unpaired) electrons. The molecule has 0 spiro atoms. The molecule has 0 aromatic heterocycles. The summed E-state index contributed by atoms with van der Waals surface area (Å²) in [4.78, 5) is 2.64. The molecule has 1 heterocycles. The topological polar surface area (TPSA) is 35.5 Å². The number of aliphatic hydroxyl groups is 1. The zero-order chi connectivity index (χ0) is 14.7. The maximum Gasteiger partial charge on any atom is 0.0578 e. The van der Waals surface area contributed by atoms with Gasteiger partial charge in [0.2, 0.25) is 0 Å². The van der Waals surface area contributed by atoms with Crippen molar-refractivity contribution in [3.63, 3.8) is 0 Å². The molecule has 2 aliphatic rings. The first-order chi connectivity index (χ1) is 9.51. The minimum absolute atomic E-state index is 0.132. The lowest BCUT2D eigenvalue weighted by Gasteiger charge is -2.43. The number of hydrogen-bond acceptors (Lipinski definition) is 3. The predicted molar refractivity (Wildman–Crippen MR) is 84.8 cm³/mol. The van der Waals surface area contributed by atoms with Crippen molar-refractivity contribution in [3.8, 4) is 0 Å². The van der Waals surface area contributed by atoms with E-state index in [0.717, 1.165) is 38.4 Å². The van der Waals surface area contributed by atoms with E-state index in [1.54, 1.807) is 0 Å². The van der Waals surface area contributed by atoms with Crippen LogP contribution < -0.4 is 5.32 Å². The molecule has 2 N–H and O–H groups in total. The van der Waals surface area contributed by atoms with Crippen LogP contribution >= 0.6 is 0 Å². The van der Waals surface area contributed by atoms with Gasteiger partial charge in [0.15, 0.2) is 0 Å². The Balaban J connectivity index is 1.94. The number of piperidine rings is 1. The van der Waals surface area contributed by atoms with Gasteiger partial charge < -0.3 is 10.4 Å². The second-order valence-corrected chi connectivity index (χ2v) is 7.50. The number of likely N-dealkylation sites (tertiary alicyclic amines) is 1. The molecule has 3 nitrogen and oxygen atoms in total. The smallest absolute Gasteiger partial charge is 0.0578 e. The van der Waals surface area contributed by atoms with E-state index in [0.29, 0.717) is 23.9 Å². The predicted octanol–water partition coefficient (Wildman–Crippen LogP) is 2.49. The van der Waals surface area contributed by atoms with E-state index in [2.05, 4.69) is 37.9 Å². The summed E-state index contributed by atoms with van der Waals surface area (Å²) in [6.45, 7) is 12.4. The van der Waals surface area contributed by atoms with Crippen LogP contribution in [0, 0.1) is 17.8 Å². The first kappa shape index (κ1) is 16.3. The van der Waals surface area contributed by atoms with Crippen LogP contribution in [0.25, 0.3) is 0 Å². The molecule has 0 aromatic carbocycles.